The van der Waals surface area contributed by atoms with Crippen LogP contribution in [-0.4, -0.2) is 24.1 Å². The van der Waals surface area contributed by atoms with Crippen molar-refractivity contribution in [2.24, 2.45) is 5.92 Å². The zero-order chi connectivity index (χ0) is 9.80. The minimum Gasteiger partial charge on any atom is -0.381 e. The van der Waals surface area contributed by atoms with E-state index in [0.29, 0.717) is 6.61 Å². The lowest BCUT2D eigenvalue weighted by atomic mass is 10.0. The van der Waals surface area contributed by atoms with Crippen LogP contribution in [0.2, 0.25) is 0 Å². The highest BCUT2D eigenvalue weighted by Gasteiger charge is 2.21. The maximum Gasteiger partial charge on any atom is 0.230 e. The Labute approximate surface area is 86.3 Å². The van der Waals surface area contributed by atoms with Crippen LogP contribution < -0.4 is 5.32 Å². The Kier molecular flexibility index (Phi) is 3.10. The molecule has 0 spiro atoms. The van der Waals surface area contributed by atoms with E-state index in [-0.39, 0.29) is 11.8 Å². The van der Waals surface area contributed by atoms with Gasteiger partial charge in [0.05, 0.1) is 24.2 Å². The highest BCUT2D eigenvalue weighted by atomic mass is 32.1. The lowest BCUT2D eigenvalue weighted by molar-refractivity contribution is -0.123. The SMILES string of the molecule is O=C(Nc1cncs1)[C@@H]1CCCOC1. The van der Waals surface area contributed by atoms with E-state index in [0.717, 1.165) is 24.4 Å². The zero-order valence-electron chi connectivity index (χ0n) is 7.73. The molecule has 14 heavy (non-hydrogen) atoms. The zero-order valence-corrected chi connectivity index (χ0v) is 8.55. The fourth-order valence-corrected chi connectivity index (χ4v) is 1.97. The number of aromatic nitrogens is 1. The molecule has 4 nitrogen and oxygen atoms in total. The van der Waals surface area contributed by atoms with Crippen molar-refractivity contribution in [3.63, 3.8) is 0 Å². The summed E-state index contributed by atoms with van der Waals surface area (Å²) in [5.74, 6) is 0.0554. The third kappa shape index (κ3) is 2.30. The molecule has 1 aliphatic heterocycles. The van der Waals surface area contributed by atoms with E-state index in [2.05, 4.69) is 10.3 Å². The van der Waals surface area contributed by atoms with Gasteiger partial charge in [0.1, 0.15) is 5.00 Å². The Hall–Kier alpha value is -0.940. The second kappa shape index (κ2) is 4.52. The third-order valence-electron chi connectivity index (χ3n) is 2.21. The Bertz CT molecular complexity index is 294. The van der Waals surface area contributed by atoms with Gasteiger partial charge in [-0.2, -0.15) is 0 Å². The van der Waals surface area contributed by atoms with Gasteiger partial charge in [-0.3, -0.25) is 9.78 Å². The van der Waals surface area contributed by atoms with Gasteiger partial charge in [-0.1, -0.05) is 0 Å². The van der Waals surface area contributed by atoms with Crippen molar-refractivity contribution < 1.29 is 9.53 Å². The van der Waals surface area contributed by atoms with Gasteiger partial charge >= 0.3 is 0 Å². The topological polar surface area (TPSA) is 51.2 Å². The van der Waals surface area contributed by atoms with Crippen molar-refractivity contribution in [2.45, 2.75) is 12.8 Å². The first kappa shape index (κ1) is 9.61. The smallest absolute Gasteiger partial charge is 0.230 e. The van der Waals surface area contributed by atoms with E-state index in [1.807, 2.05) is 0 Å². The van der Waals surface area contributed by atoms with Gasteiger partial charge in [-0.15, -0.1) is 11.3 Å². The Morgan fingerprint density at radius 2 is 2.64 bits per heavy atom. The number of anilines is 1. The molecule has 1 atom stereocenters. The molecule has 2 heterocycles. The van der Waals surface area contributed by atoms with Crippen molar-refractivity contribution in [2.75, 3.05) is 18.5 Å². The number of hydrogen-bond donors (Lipinski definition) is 1. The van der Waals surface area contributed by atoms with Gasteiger partial charge in [0.2, 0.25) is 5.91 Å². The first-order valence-electron chi connectivity index (χ1n) is 4.63. The summed E-state index contributed by atoms with van der Waals surface area (Å²) in [4.78, 5) is 15.5. The van der Waals surface area contributed by atoms with Crippen LogP contribution in [0.4, 0.5) is 5.00 Å². The molecule has 1 N–H and O–H groups in total. The largest absolute Gasteiger partial charge is 0.381 e. The highest BCUT2D eigenvalue weighted by Crippen LogP contribution is 2.18. The highest BCUT2D eigenvalue weighted by molar-refractivity contribution is 7.13. The molecule has 1 saturated heterocycles. The Morgan fingerprint density at radius 1 is 1.71 bits per heavy atom. The quantitative estimate of drug-likeness (QED) is 0.808. The van der Waals surface area contributed by atoms with E-state index in [9.17, 15) is 4.79 Å². The number of ether oxygens (including phenoxy) is 1. The summed E-state index contributed by atoms with van der Waals surface area (Å²) in [6.45, 7) is 1.33. The van der Waals surface area contributed by atoms with Crippen LogP contribution in [0.5, 0.6) is 0 Å². The number of hydrogen-bond acceptors (Lipinski definition) is 4. The molecule has 76 valence electrons. The molecule has 0 saturated carbocycles. The molecule has 0 unspecified atom stereocenters. The van der Waals surface area contributed by atoms with Crippen molar-refractivity contribution in [1.29, 1.82) is 0 Å². The fourth-order valence-electron chi connectivity index (χ4n) is 1.45. The lowest BCUT2D eigenvalue weighted by Crippen LogP contribution is -2.29. The van der Waals surface area contributed by atoms with E-state index >= 15 is 0 Å². The summed E-state index contributed by atoms with van der Waals surface area (Å²) in [5, 5.41) is 3.63. The average Bonchev–Trinajstić information content (AvgIpc) is 2.72. The summed E-state index contributed by atoms with van der Waals surface area (Å²) < 4.78 is 5.25. The van der Waals surface area contributed by atoms with Crippen molar-refractivity contribution in [3.05, 3.63) is 11.7 Å². The monoisotopic (exact) mass is 212 g/mol. The number of rotatable bonds is 2. The van der Waals surface area contributed by atoms with E-state index in [1.54, 1.807) is 11.7 Å². The summed E-state index contributed by atoms with van der Waals surface area (Å²) in [6.07, 6.45) is 3.55. The maximum absolute atomic E-state index is 11.7. The molecular weight excluding hydrogens is 200 g/mol. The summed E-state index contributed by atoms with van der Waals surface area (Å²) in [7, 11) is 0. The summed E-state index contributed by atoms with van der Waals surface area (Å²) >= 11 is 1.43. The minimum atomic E-state index is 0.00542. The predicted molar refractivity (Wildman–Crippen MR) is 54.3 cm³/mol. The van der Waals surface area contributed by atoms with E-state index in [1.165, 1.54) is 11.3 Å². The molecule has 1 fully saturated rings. The normalized spacial score (nSPS) is 21.9. The third-order valence-corrected chi connectivity index (χ3v) is 2.90. The summed E-state index contributed by atoms with van der Waals surface area (Å²) in [5.41, 5.74) is 1.70. The van der Waals surface area contributed by atoms with Crippen LogP contribution in [-0.2, 0) is 9.53 Å². The van der Waals surface area contributed by atoms with E-state index in [4.69, 9.17) is 4.74 Å². The molecule has 0 aliphatic carbocycles. The molecule has 1 aromatic heterocycles. The molecule has 0 bridgehead atoms. The number of nitrogens with one attached hydrogen (secondary N) is 1. The van der Waals surface area contributed by atoms with Crippen LogP contribution in [0.1, 0.15) is 12.8 Å². The van der Waals surface area contributed by atoms with E-state index < -0.39 is 0 Å². The van der Waals surface area contributed by atoms with Crippen molar-refractivity contribution >= 4 is 22.2 Å². The van der Waals surface area contributed by atoms with Crippen LogP contribution in [0.3, 0.4) is 0 Å². The van der Waals surface area contributed by atoms with Crippen molar-refractivity contribution in [3.8, 4) is 0 Å². The molecule has 1 amide bonds. The number of thiazole rings is 1. The standard InChI is InChI=1S/C9H12N2O2S/c12-9(7-2-1-3-13-5-7)11-8-4-10-6-14-8/h4,6-7H,1-3,5H2,(H,11,12)/t7-/m1/s1. The predicted octanol–water partition coefficient (Wildman–Crippen LogP) is 1.51. The molecule has 1 aromatic rings. The molecule has 1 aliphatic rings. The molecule has 5 heteroatoms. The van der Waals surface area contributed by atoms with Gasteiger partial charge in [0.25, 0.3) is 0 Å². The van der Waals surface area contributed by atoms with Crippen LogP contribution in [0, 0.1) is 5.92 Å². The minimum absolute atomic E-state index is 0.00542. The average molecular weight is 212 g/mol. The number of amides is 1. The second-order valence-corrected chi connectivity index (χ2v) is 4.16. The van der Waals surface area contributed by atoms with Crippen LogP contribution in [0.15, 0.2) is 11.7 Å². The first-order chi connectivity index (χ1) is 6.86. The second-order valence-electron chi connectivity index (χ2n) is 3.27. The van der Waals surface area contributed by atoms with Crippen LogP contribution in [0.25, 0.3) is 0 Å². The van der Waals surface area contributed by atoms with Gasteiger partial charge in [-0.05, 0) is 12.8 Å². The van der Waals surface area contributed by atoms with Gasteiger partial charge in [0, 0.05) is 6.61 Å². The van der Waals surface area contributed by atoms with Gasteiger partial charge < -0.3 is 10.1 Å². The first-order valence-corrected chi connectivity index (χ1v) is 5.51. The Balaban J connectivity index is 1.88. The molecule has 2 rings (SSSR count). The fraction of sp³-hybridized carbons (Fsp3) is 0.556. The Morgan fingerprint density at radius 3 is 3.29 bits per heavy atom. The molecule has 0 radical (unpaired) electrons. The number of carbonyl (C=O) groups is 1. The van der Waals surface area contributed by atoms with Crippen LogP contribution >= 0.6 is 11.3 Å². The maximum atomic E-state index is 11.7. The molecule has 0 aromatic carbocycles. The number of nitrogens with zero attached hydrogens (tertiary/aromatic N) is 1. The lowest BCUT2D eigenvalue weighted by Gasteiger charge is -2.20. The summed E-state index contributed by atoms with van der Waals surface area (Å²) in [6, 6.07) is 0. The van der Waals surface area contributed by atoms with Gasteiger partial charge in [0.15, 0.2) is 0 Å². The number of carbonyl (C=O) groups excluding carboxylic acids is 1. The van der Waals surface area contributed by atoms with Crippen molar-refractivity contribution in [1.82, 2.24) is 4.98 Å². The van der Waals surface area contributed by atoms with Gasteiger partial charge in [-0.25, -0.2) is 0 Å². The molecular formula is C9H12N2O2S.